The van der Waals surface area contributed by atoms with Crippen LogP contribution in [0.25, 0.3) is 28.1 Å². The van der Waals surface area contributed by atoms with Gasteiger partial charge in [-0.25, -0.2) is 17.9 Å². The van der Waals surface area contributed by atoms with Crippen LogP contribution in [-0.2, 0) is 6.54 Å². The molecule has 4 aromatic rings. The Morgan fingerprint density at radius 1 is 0.765 bits per heavy atom. The van der Waals surface area contributed by atoms with Gasteiger partial charge in [0.05, 0.1) is 17.6 Å². The number of hydrogen-bond acceptors (Lipinski definition) is 3. The van der Waals surface area contributed by atoms with Gasteiger partial charge in [-0.05, 0) is 54.6 Å². The summed E-state index contributed by atoms with van der Waals surface area (Å²) >= 11 is 0. The third-order valence-corrected chi connectivity index (χ3v) is 6.33. The molecule has 0 radical (unpaired) electrons. The zero-order chi connectivity index (χ0) is 23.7. The summed E-state index contributed by atoms with van der Waals surface area (Å²) in [5.41, 5.74) is 4.26. The average molecular weight is 463 g/mol. The zero-order valence-corrected chi connectivity index (χ0v) is 18.9. The second-order valence-corrected chi connectivity index (χ2v) is 8.67. The van der Waals surface area contributed by atoms with Gasteiger partial charge in [0.15, 0.2) is 11.6 Å². The first-order valence-electron chi connectivity index (χ1n) is 11.3. The fourth-order valence-electron chi connectivity index (χ4n) is 4.35. The van der Waals surface area contributed by atoms with Crippen molar-refractivity contribution in [2.24, 2.45) is 0 Å². The van der Waals surface area contributed by atoms with Crippen LogP contribution >= 0.6 is 0 Å². The predicted octanol–water partition coefficient (Wildman–Crippen LogP) is 5.37. The molecule has 4 nitrogen and oxygen atoms in total. The fourth-order valence-corrected chi connectivity index (χ4v) is 4.35. The highest BCUT2D eigenvalue weighted by Crippen LogP contribution is 2.31. The van der Waals surface area contributed by atoms with Crippen molar-refractivity contribution in [3.8, 4) is 28.1 Å². The highest BCUT2D eigenvalue weighted by Gasteiger charge is 2.21. The molecule has 0 bridgehead atoms. The minimum atomic E-state index is -0.885. The molecule has 0 aliphatic carbocycles. The Bertz CT molecular complexity index is 1290. The molecule has 34 heavy (non-hydrogen) atoms. The first-order chi connectivity index (χ1) is 16.5. The van der Waals surface area contributed by atoms with Crippen LogP contribution in [0.2, 0.25) is 0 Å². The maximum absolute atomic E-state index is 14.9. The van der Waals surface area contributed by atoms with Crippen molar-refractivity contribution in [2.45, 2.75) is 6.54 Å². The summed E-state index contributed by atoms with van der Waals surface area (Å²) in [6, 6.07) is 17.9. The molecule has 7 heteroatoms. The lowest BCUT2D eigenvalue weighted by Crippen LogP contribution is -2.43. The van der Waals surface area contributed by atoms with Crippen LogP contribution in [0.1, 0.15) is 5.56 Å². The molecule has 0 amide bonds. The second-order valence-electron chi connectivity index (χ2n) is 8.67. The van der Waals surface area contributed by atoms with Crippen LogP contribution in [0.3, 0.4) is 0 Å². The molecule has 0 spiro atoms. The number of benzene rings is 3. The molecular formula is C27H25F3N4. The number of aromatic nitrogens is 2. The number of halogens is 3. The van der Waals surface area contributed by atoms with E-state index in [-0.39, 0.29) is 5.82 Å². The van der Waals surface area contributed by atoms with Crippen LogP contribution in [0.15, 0.2) is 72.9 Å². The molecule has 3 aromatic carbocycles. The summed E-state index contributed by atoms with van der Waals surface area (Å²) in [7, 11) is 2.12. The van der Waals surface area contributed by atoms with Gasteiger partial charge >= 0.3 is 0 Å². The minimum absolute atomic E-state index is 0.303. The van der Waals surface area contributed by atoms with Gasteiger partial charge in [-0.15, -0.1) is 0 Å². The van der Waals surface area contributed by atoms with Gasteiger partial charge in [-0.3, -0.25) is 4.90 Å². The van der Waals surface area contributed by atoms with E-state index in [9.17, 15) is 13.2 Å². The lowest BCUT2D eigenvalue weighted by molar-refractivity contribution is 0.148. The van der Waals surface area contributed by atoms with E-state index in [2.05, 4.69) is 21.9 Å². The van der Waals surface area contributed by atoms with Gasteiger partial charge in [0.2, 0.25) is 0 Å². The van der Waals surface area contributed by atoms with E-state index in [1.165, 1.54) is 12.1 Å². The molecule has 1 aliphatic rings. The first kappa shape index (κ1) is 22.4. The van der Waals surface area contributed by atoms with Crippen molar-refractivity contribution >= 4 is 0 Å². The number of likely N-dealkylation sites (N-methyl/N-ethyl adjacent to an activating group) is 1. The summed E-state index contributed by atoms with van der Waals surface area (Å²) in [4.78, 5) is 4.66. The minimum Gasteiger partial charge on any atom is -0.304 e. The van der Waals surface area contributed by atoms with Crippen molar-refractivity contribution in [3.63, 3.8) is 0 Å². The van der Waals surface area contributed by atoms with Gasteiger partial charge in [-0.1, -0.05) is 30.3 Å². The molecule has 0 N–H and O–H groups in total. The van der Waals surface area contributed by atoms with E-state index >= 15 is 0 Å². The molecule has 2 heterocycles. The van der Waals surface area contributed by atoms with E-state index < -0.39 is 11.6 Å². The smallest absolute Gasteiger partial charge is 0.159 e. The van der Waals surface area contributed by atoms with Gasteiger partial charge in [0.25, 0.3) is 0 Å². The first-order valence-corrected chi connectivity index (χ1v) is 11.3. The molecule has 0 unspecified atom stereocenters. The summed E-state index contributed by atoms with van der Waals surface area (Å²) in [6.07, 6.45) is 1.81. The molecule has 1 aromatic heterocycles. The third kappa shape index (κ3) is 4.49. The van der Waals surface area contributed by atoms with Crippen molar-refractivity contribution in [3.05, 3.63) is 95.9 Å². The second kappa shape index (κ2) is 9.44. The molecule has 1 aliphatic heterocycles. The highest BCUT2D eigenvalue weighted by molar-refractivity contribution is 5.68. The van der Waals surface area contributed by atoms with Gasteiger partial charge in [0, 0.05) is 43.9 Å². The molecular weight excluding hydrogens is 437 g/mol. The topological polar surface area (TPSA) is 24.3 Å². The van der Waals surface area contributed by atoms with Crippen LogP contribution in [0, 0.1) is 17.5 Å². The Hall–Kier alpha value is -3.42. The average Bonchev–Trinajstić information content (AvgIpc) is 3.26. The van der Waals surface area contributed by atoms with Crippen molar-refractivity contribution < 1.29 is 13.2 Å². The Labute approximate surface area is 196 Å². The van der Waals surface area contributed by atoms with Crippen molar-refractivity contribution in [1.29, 1.82) is 0 Å². The van der Waals surface area contributed by atoms with E-state index in [1.807, 2.05) is 36.5 Å². The fraction of sp³-hybridized carbons (Fsp3) is 0.222. The highest BCUT2D eigenvalue weighted by atomic mass is 19.2. The number of nitrogens with zero attached hydrogens (tertiary/aromatic N) is 4. The number of hydrogen-bond donors (Lipinski definition) is 0. The zero-order valence-electron chi connectivity index (χ0n) is 18.9. The quantitative estimate of drug-likeness (QED) is 0.399. The molecule has 1 saturated heterocycles. The summed E-state index contributed by atoms with van der Waals surface area (Å²) < 4.78 is 43.6. The standard InChI is InChI=1S/C27H25F3N4/c1-32-12-14-33(15-13-32)18-21-17-31-34(27(21)23-4-2-3-5-24(23)28)22-9-6-19(7-10-22)20-8-11-25(29)26(30)16-20/h2-11,16-17H,12-15,18H2,1H3. The largest absolute Gasteiger partial charge is 0.304 e. The van der Waals surface area contributed by atoms with Crippen molar-refractivity contribution in [1.82, 2.24) is 19.6 Å². The SMILES string of the molecule is CN1CCN(Cc2cnn(-c3ccc(-c4ccc(F)c(F)c4)cc3)c2-c2ccccc2F)CC1. The summed E-state index contributed by atoms with van der Waals surface area (Å²) in [5, 5.41) is 4.62. The predicted molar refractivity (Wildman–Crippen MR) is 127 cm³/mol. The van der Waals surface area contributed by atoms with Crippen molar-refractivity contribution in [2.75, 3.05) is 33.2 Å². The van der Waals surface area contributed by atoms with E-state index in [1.54, 1.807) is 22.9 Å². The molecule has 1 fully saturated rings. The molecule has 0 atom stereocenters. The monoisotopic (exact) mass is 462 g/mol. The Morgan fingerprint density at radius 2 is 1.47 bits per heavy atom. The molecule has 5 rings (SSSR count). The normalized spacial score (nSPS) is 15.1. The van der Waals surface area contributed by atoms with Crippen LogP contribution < -0.4 is 0 Å². The Kier molecular flexibility index (Phi) is 6.22. The summed E-state index contributed by atoms with van der Waals surface area (Å²) in [5.74, 6) is -2.06. The Morgan fingerprint density at radius 3 is 2.18 bits per heavy atom. The number of rotatable bonds is 5. The lowest BCUT2D eigenvalue weighted by atomic mass is 10.0. The lowest BCUT2D eigenvalue weighted by Gasteiger charge is -2.32. The summed E-state index contributed by atoms with van der Waals surface area (Å²) in [6.45, 7) is 4.57. The molecule has 0 saturated carbocycles. The van der Waals surface area contributed by atoms with Gasteiger partial charge < -0.3 is 4.90 Å². The van der Waals surface area contributed by atoms with Crippen LogP contribution in [0.5, 0.6) is 0 Å². The van der Waals surface area contributed by atoms with E-state index in [0.29, 0.717) is 17.7 Å². The third-order valence-electron chi connectivity index (χ3n) is 6.33. The maximum Gasteiger partial charge on any atom is 0.159 e. The van der Waals surface area contributed by atoms with E-state index in [4.69, 9.17) is 0 Å². The number of piperazine rings is 1. The van der Waals surface area contributed by atoms with Gasteiger partial charge in [-0.2, -0.15) is 5.10 Å². The van der Waals surface area contributed by atoms with Gasteiger partial charge in [0.1, 0.15) is 5.82 Å². The van der Waals surface area contributed by atoms with Crippen LogP contribution in [-0.4, -0.2) is 52.8 Å². The Balaban J connectivity index is 1.51. The maximum atomic E-state index is 14.9. The van der Waals surface area contributed by atoms with Crippen LogP contribution in [0.4, 0.5) is 13.2 Å². The van der Waals surface area contributed by atoms with E-state index in [0.717, 1.165) is 54.8 Å². The molecule has 174 valence electrons.